The molecule has 0 saturated heterocycles. The Morgan fingerprint density at radius 2 is 1.95 bits per heavy atom. The first-order chi connectivity index (χ1) is 9.07. The van der Waals surface area contributed by atoms with Crippen LogP contribution in [-0.2, 0) is 10.2 Å². The second-order valence-electron chi connectivity index (χ2n) is 5.09. The number of amidine groups is 1. The molecule has 1 aliphatic rings. The quantitative estimate of drug-likeness (QED) is 0.327. The summed E-state index contributed by atoms with van der Waals surface area (Å²) >= 11 is 0. The number of carbonyl (C=O) groups is 1. The van der Waals surface area contributed by atoms with Crippen molar-refractivity contribution in [2.45, 2.75) is 37.5 Å². The topological polar surface area (TPSA) is 95.9 Å². The Kier molecular flexibility index (Phi) is 3.74. The Bertz CT molecular complexity index is 490. The molecule has 5 nitrogen and oxygen atoms in total. The normalized spacial score (nSPS) is 17.8. The number of aliphatic carboxylic acids is 1. The maximum atomic E-state index is 10.7. The SMILES string of the molecule is NC(=NO)c1ccc(C2(CCC(=O)O)CCC2)cc1. The van der Waals surface area contributed by atoms with E-state index in [-0.39, 0.29) is 17.7 Å². The number of hydrogen-bond donors (Lipinski definition) is 3. The molecule has 0 heterocycles. The van der Waals surface area contributed by atoms with Gasteiger partial charge in [0.15, 0.2) is 5.84 Å². The predicted octanol–water partition coefficient (Wildman–Crippen LogP) is 2.07. The summed E-state index contributed by atoms with van der Waals surface area (Å²) in [5, 5.41) is 20.4. The number of nitrogens with zero attached hydrogens (tertiary/aromatic N) is 1. The number of oxime groups is 1. The Morgan fingerprint density at radius 1 is 1.32 bits per heavy atom. The molecule has 1 fully saturated rings. The van der Waals surface area contributed by atoms with Crippen LogP contribution in [0.2, 0.25) is 0 Å². The summed E-state index contributed by atoms with van der Waals surface area (Å²) in [6.45, 7) is 0. The molecule has 19 heavy (non-hydrogen) atoms. The minimum atomic E-state index is -0.750. The zero-order chi connectivity index (χ0) is 13.9. The average Bonchev–Trinajstić information content (AvgIpc) is 2.37. The summed E-state index contributed by atoms with van der Waals surface area (Å²) in [5.41, 5.74) is 7.34. The number of hydrogen-bond acceptors (Lipinski definition) is 3. The molecule has 102 valence electrons. The molecule has 0 unspecified atom stereocenters. The third-order valence-corrected chi connectivity index (χ3v) is 4.03. The second kappa shape index (κ2) is 5.30. The van der Waals surface area contributed by atoms with Gasteiger partial charge in [-0.25, -0.2) is 0 Å². The highest BCUT2D eigenvalue weighted by atomic mass is 16.4. The first-order valence-electron chi connectivity index (χ1n) is 6.38. The van der Waals surface area contributed by atoms with Gasteiger partial charge < -0.3 is 16.0 Å². The van der Waals surface area contributed by atoms with Crippen LogP contribution in [0.1, 0.15) is 43.2 Å². The van der Waals surface area contributed by atoms with Crippen molar-refractivity contribution < 1.29 is 15.1 Å². The van der Waals surface area contributed by atoms with Gasteiger partial charge in [-0.2, -0.15) is 0 Å². The lowest BCUT2D eigenvalue weighted by Gasteiger charge is -2.42. The fraction of sp³-hybridized carbons (Fsp3) is 0.429. The van der Waals surface area contributed by atoms with Gasteiger partial charge in [-0.3, -0.25) is 4.79 Å². The molecular formula is C14H18N2O3. The summed E-state index contributed by atoms with van der Waals surface area (Å²) in [6, 6.07) is 7.53. The Labute approximate surface area is 111 Å². The number of nitrogens with two attached hydrogens (primary N) is 1. The van der Waals surface area contributed by atoms with Crippen LogP contribution in [0.5, 0.6) is 0 Å². The van der Waals surface area contributed by atoms with Gasteiger partial charge in [-0.1, -0.05) is 35.8 Å². The van der Waals surface area contributed by atoms with Crippen LogP contribution in [0, 0.1) is 0 Å². The standard InChI is InChI=1S/C14H18N2O3/c15-13(16-19)10-2-4-11(5-3-10)14(7-1-8-14)9-6-12(17)18/h2-5,19H,1,6-9H2,(H2,15,16)(H,17,18). The van der Waals surface area contributed by atoms with Crippen molar-refractivity contribution in [1.82, 2.24) is 0 Å². The maximum Gasteiger partial charge on any atom is 0.303 e. The maximum absolute atomic E-state index is 10.7. The minimum absolute atomic E-state index is 0.00202. The first kappa shape index (κ1) is 13.4. The molecule has 1 aromatic carbocycles. The van der Waals surface area contributed by atoms with E-state index in [2.05, 4.69) is 5.16 Å². The summed E-state index contributed by atoms with van der Waals surface area (Å²) in [7, 11) is 0. The van der Waals surface area contributed by atoms with Crippen LogP contribution in [0.15, 0.2) is 29.4 Å². The zero-order valence-corrected chi connectivity index (χ0v) is 10.7. The Balaban J connectivity index is 2.17. The number of carboxylic acid groups (broad SMARTS) is 1. The molecule has 0 aromatic heterocycles. The largest absolute Gasteiger partial charge is 0.481 e. The lowest BCUT2D eigenvalue weighted by atomic mass is 9.62. The van der Waals surface area contributed by atoms with E-state index in [0.717, 1.165) is 24.8 Å². The molecule has 0 aliphatic heterocycles. The Morgan fingerprint density at radius 3 is 2.37 bits per heavy atom. The van der Waals surface area contributed by atoms with Gasteiger partial charge in [0, 0.05) is 12.0 Å². The molecule has 1 aromatic rings. The van der Waals surface area contributed by atoms with Gasteiger partial charge in [-0.05, 0) is 30.2 Å². The summed E-state index contributed by atoms with van der Waals surface area (Å²) in [5.74, 6) is -0.667. The number of carboxylic acids is 1. The summed E-state index contributed by atoms with van der Waals surface area (Å²) in [4.78, 5) is 10.7. The summed E-state index contributed by atoms with van der Waals surface area (Å²) < 4.78 is 0. The molecule has 0 atom stereocenters. The van der Waals surface area contributed by atoms with Crippen LogP contribution >= 0.6 is 0 Å². The highest BCUT2D eigenvalue weighted by Crippen LogP contribution is 2.47. The van der Waals surface area contributed by atoms with Gasteiger partial charge in [0.2, 0.25) is 0 Å². The van der Waals surface area contributed by atoms with Crippen LogP contribution in [-0.4, -0.2) is 22.1 Å². The second-order valence-corrected chi connectivity index (χ2v) is 5.09. The van der Waals surface area contributed by atoms with Crippen molar-refractivity contribution in [3.05, 3.63) is 35.4 Å². The van der Waals surface area contributed by atoms with E-state index >= 15 is 0 Å². The third-order valence-electron chi connectivity index (χ3n) is 4.03. The molecule has 0 radical (unpaired) electrons. The molecule has 0 bridgehead atoms. The van der Waals surface area contributed by atoms with Gasteiger partial charge in [0.05, 0.1) is 0 Å². The van der Waals surface area contributed by atoms with Gasteiger partial charge in [0.1, 0.15) is 0 Å². The van der Waals surface area contributed by atoms with Crippen LogP contribution < -0.4 is 5.73 Å². The van der Waals surface area contributed by atoms with E-state index < -0.39 is 5.97 Å². The fourth-order valence-corrected chi connectivity index (χ4v) is 2.69. The van der Waals surface area contributed by atoms with E-state index in [9.17, 15) is 4.79 Å². The van der Waals surface area contributed by atoms with E-state index in [4.69, 9.17) is 16.0 Å². The van der Waals surface area contributed by atoms with E-state index in [1.807, 2.05) is 24.3 Å². The monoisotopic (exact) mass is 262 g/mol. The molecule has 5 heteroatoms. The van der Waals surface area contributed by atoms with Crippen LogP contribution in [0.25, 0.3) is 0 Å². The predicted molar refractivity (Wildman–Crippen MR) is 71.4 cm³/mol. The van der Waals surface area contributed by atoms with Crippen molar-refractivity contribution in [2.75, 3.05) is 0 Å². The highest BCUT2D eigenvalue weighted by molar-refractivity contribution is 5.97. The van der Waals surface area contributed by atoms with Gasteiger partial charge in [0.25, 0.3) is 0 Å². The van der Waals surface area contributed by atoms with Crippen molar-refractivity contribution in [3.63, 3.8) is 0 Å². The zero-order valence-electron chi connectivity index (χ0n) is 10.7. The van der Waals surface area contributed by atoms with E-state index in [1.54, 1.807) is 0 Å². The number of rotatable bonds is 5. The number of benzene rings is 1. The van der Waals surface area contributed by atoms with Crippen molar-refractivity contribution in [2.24, 2.45) is 10.9 Å². The molecule has 0 spiro atoms. The fourth-order valence-electron chi connectivity index (χ4n) is 2.69. The molecule has 1 aliphatic carbocycles. The summed E-state index contributed by atoms with van der Waals surface area (Å²) in [6.07, 6.45) is 4.07. The van der Waals surface area contributed by atoms with Gasteiger partial charge in [-0.15, -0.1) is 0 Å². The average molecular weight is 262 g/mol. The van der Waals surface area contributed by atoms with Crippen LogP contribution in [0.4, 0.5) is 0 Å². The Hall–Kier alpha value is -2.04. The molecular weight excluding hydrogens is 244 g/mol. The molecule has 4 N–H and O–H groups in total. The van der Waals surface area contributed by atoms with Crippen molar-refractivity contribution in [1.29, 1.82) is 0 Å². The van der Waals surface area contributed by atoms with Crippen molar-refractivity contribution >= 4 is 11.8 Å². The minimum Gasteiger partial charge on any atom is -0.481 e. The van der Waals surface area contributed by atoms with Crippen LogP contribution in [0.3, 0.4) is 0 Å². The third kappa shape index (κ3) is 2.70. The lowest BCUT2D eigenvalue weighted by molar-refractivity contribution is -0.137. The van der Waals surface area contributed by atoms with Gasteiger partial charge >= 0.3 is 5.97 Å². The van der Waals surface area contributed by atoms with E-state index in [0.29, 0.717) is 12.0 Å². The molecule has 2 rings (SSSR count). The molecule has 1 saturated carbocycles. The smallest absolute Gasteiger partial charge is 0.303 e. The first-order valence-corrected chi connectivity index (χ1v) is 6.38. The van der Waals surface area contributed by atoms with Crippen molar-refractivity contribution in [3.8, 4) is 0 Å². The molecule has 0 amide bonds. The highest BCUT2D eigenvalue weighted by Gasteiger charge is 2.38. The lowest BCUT2D eigenvalue weighted by Crippen LogP contribution is -2.34. The van der Waals surface area contributed by atoms with E-state index in [1.165, 1.54) is 0 Å².